The number of amides is 1. The lowest BCUT2D eigenvalue weighted by atomic mass is 9.90. The van der Waals surface area contributed by atoms with Crippen LogP contribution in [-0.4, -0.2) is 53.1 Å². The molecule has 0 aromatic heterocycles. The molecule has 1 aromatic rings. The molecule has 0 bridgehead atoms. The van der Waals surface area contributed by atoms with Gasteiger partial charge < -0.3 is 14.9 Å². The minimum absolute atomic E-state index is 0.173. The minimum Gasteiger partial charge on any atom is -0.379 e. The Morgan fingerprint density at radius 2 is 2.04 bits per heavy atom. The van der Waals surface area contributed by atoms with Crippen molar-refractivity contribution in [1.82, 2.24) is 9.80 Å². The molecule has 1 fully saturated rings. The minimum atomic E-state index is -1.42. The third kappa shape index (κ3) is 4.51. The van der Waals surface area contributed by atoms with Crippen LogP contribution in [0, 0.1) is 17.6 Å². The number of hydrogen-bond acceptors (Lipinski definition) is 3. The van der Waals surface area contributed by atoms with Crippen LogP contribution in [0.4, 0.5) is 8.78 Å². The Hall–Kier alpha value is -1.53. The summed E-state index contributed by atoms with van der Waals surface area (Å²) in [6, 6.07) is 3.62. The molecule has 0 spiro atoms. The molecule has 4 nitrogen and oxygen atoms in total. The summed E-state index contributed by atoms with van der Waals surface area (Å²) < 4.78 is 26.4. The molecule has 1 saturated heterocycles. The predicted octanol–water partition coefficient (Wildman–Crippen LogP) is 2.41. The van der Waals surface area contributed by atoms with Gasteiger partial charge in [-0.1, -0.05) is 19.9 Å². The van der Waals surface area contributed by atoms with Crippen LogP contribution < -0.4 is 0 Å². The van der Waals surface area contributed by atoms with Crippen molar-refractivity contribution in [2.45, 2.75) is 38.8 Å². The van der Waals surface area contributed by atoms with Gasteiger partial charge in [0.25, 0.3) is 5.91 Å². The molecule has 2 rings (SSSR count). The highest BCUT2D eigenvalue weighted by atomic mass is 19.2. The van der Waals surface area contributed by atoms with Gasteiger partial charge in [-0.15, -0.1) is 0 Å². The molecule has 6 heteroatoms. The Morgan fingerprint density at radius 1 is 1.33 bits per heavy atom. The molecule has 1 aliphatic heterocycles. The maximum absolute atomic E-state index is 13.3. The van der Waals surface area contributed by atoms with Gasteiger partial charge in [-0.05, 0) is 43.5 Å². The first-order chi connectivity index (χ1) is 11.2. The van der Waals surface area contributed by atoms with Gasteiger partial charge in [0.05, 0.1) is 0 Å². The summed E-state index contributed by atoms with van der Waals surface area (Å²) in [6.07, 6.45) is 1.10. The van der Waals surface area contributed by atoms with E-state index in [0.717, 1.165) is 18.7 Å². The molecule has 1 N–H and O–H groups in total. The molecule has 0 radical (unpaired) electrons. The molecule has 0 aliphatic carbocycles. The third-order valence-corrected chi connectivity index (χ3v) is 4.27. The number of benzene rings is 1. The van der Waals surface area contributed by atoms with E-state index >= 15 is 0 Å². The second kappa shape index (κ2) is 7.57. The van der Waals surface area contributed by atoms with Gasteiger partial charge in [0.2, 0.25) is 0 Å². The highest BCUT2D eigenvalue weighted by Crippen LogP contribution is 2.25. The van der Waals surface area contributed by atoms with Crippen molar-refractivity contribution < 1.29 is 18.7 Å². The zero-order valence-corrected chi connectivity index (χ0v) is 14.6. The molecule has 1 amide bonds. The molecular formula is C18H26F2N2O2. The maximum Gasteiger partial charge on any atom is 0.256 e. The monoisotopic (exact) mass is 340 g/mol. The largest absolute Gasteiger partial charge is 0.379 e. The predicted molar refractivity (Wildman–Crippen MR) is 88.3 cm³/mol. The van der Waals surface area contributed by atoms with Crippen LogP contribution in [0.25, 0.3) is 0 Å². The first-order valence-electron chi connectivity index (χ1n) is 8.35. The first kappa shape index (κ1) is 18.8. The Labute approximate surface area is 142 Å². The Bertz CT molecular complexity index is 594. The van der Waals surface area contributed by atoms with E-state index in [2.05, 4.69) is 13.8 Å². The molecule has 1 atom stereocenters. The fourth-order valence-electron chi connectivity index (χ4n) is 3.36. The van der Waals surface area contributed by atoms with Crippen LogP contribution in [0.15, 0.2) is 18.2 Å². The second-order valence-corrected chi connectivity index (χ2v) is 7.20. The number of hydrogen-bond donors (Lipinski definition) is 1. The number of aliphatic hydroxyl groups is 1. The number of carbonyl (C=O) groups excluding carboxylic acids is 1. The highest BCUT2D eigenvalue weighted by Gasteiger charge is 2.42. The smallest absolute Gasteiger partial charge is 0.256 e. The number of halogens is 2. The fraction of sp³-hybridized carbons (Fsp3) is 0.611. The lowest BCUT2D eigenvalue weighted by molar-refractivity contribution is -0.160. The number of nitrogens with zero attached hydrogens (tertiary/aromatic N) is 2. The van der Waals surface area contributed by atoms with E-state index in [1.54, 1.807) is 0 Å². The summed E-state index contributed by atoms with van der Waals surface area (Å²) in [4.78, 5) is 16.2. The van der Waals surface area contributed by atoms with E-state index in [9.17, 15) is 18.7 Å². The summed E-state index contributed by atoms with van der Waals surface area (Å²) in [5.74, 6) is -1.73. The fourth-order valence-corrected chi connectivity index (χ4v) is 3.36. The van der Waals surface area contributed by atoms with Crippen LogP contribution >= 0.6 is 0 Å². The summed E-state index contributed by atoms with van der Waals surface area (Å²) in [5.41, 5.74) is -0.900. The van der Waals surface area contributed by atoms with Gasteiger partial charge in [-0.25, -0.2) is 8.78 Å². The topological polar surface area (TPSA) is 43.8 Å². The number of piperidine rings is 1. The SMILES string of the molecule is CC(C)CN(C)C[C@]1(O)CCCN(Cc2ccc(F)c(F)c2)C1=O. The van der Waals surface area contributed by atoms with Crippen molar-refractivity contribution in [2.75, 3.05) is 26.7 Å². The van der Waals surface area contributed by atoms with Gasteiger partial charge in [-0.2, -0.15) is 0 Å². The molecule has 24 heavy (non-hydrogen) atoms. The molecular weight excluding hydrogens is 314 g/mol. The van der Waals surface area contributed by atoms with Gasteiger partial charge in [-0.3, -0.25) is 4.79 Å². The van der Waals surface area contributed by atoms with Gasteiger partial charge in [0.1, 0.15) is 0 Å². The number of likely N-dealkylation sites (N-methyl/N-ethyl adjacent to an activating group) is 1. The van der Waals surface area contributed by atoms with Crippen LogP contribution in [0.5, 0.6) is 0 Å². The molecule has 134 valence electrons. The summed E-state index contributed by atoms with van der Waals surface area (Å²) in [5, 5.41) is 10.8. The maximum atomic E-state index is 13.3. The quantitative estimate of drug-likeness (QED) is 0.865. The second-order valence-electron chi connectivity index (χ2n) is 7.20. The van der Waals surface area contributed by atoms with Crippen molar-refractivity contribution in [2.24, 2.45) is 5.92 Å². The van der Waals surface area contributed by atoms with Crippen LogP contribution in [0.1, 0.15) is 32.3 Å². The summed E-state index contributed by atoms with van der Waals surface area (Å²) in [6.45, 7) is 5.91. The van der Waals surface area contributed by atoms with Crippen molar-refractivity contribution >= 4 is 5.91 Å². The third-order valence-electron chi connectivity index (χ3n) is 4.27. The van der Waals surface area contributed by atoms with E-state index in [0.29, 0.717) is 30.9 Å². The normalized spacial score (nSPS) is 21.8. The van der Waals surface area contributed by atoms with Crippen LogP contribution in [0.2, 0.25) is 0 Å². The van der Waals surface area contributed by atoms with E-state index < -0.39 is 17.2 Å². The molecule has 1 aliphatic rings. The average molecular weight is 340 g/mol. The Balaban J connectivity index is 2.06. The van der Waals surface area contributed by atoms with Crippen molar-refractivity contribution in [3.8, 4) is 0 Å². The van der Waals surface area contributed by atoms with Crippen LogP contribution in [-0.2, 0) is 11.3 Å². The van der Waals surface area contributed by atoms with Gasteiger partial charge in [0.15, 0.2) is 17.2 Å². The van der Waals surface area contributed by atoms with E-state index in [4.69, 9.17) is 0 Å². The molecule has 0 saturated carbocycles. The number of carbonyl (C=O) groups is 1. The van der Waals surface area contributed by atoms with Gasteiger partial charge >= 0.3 is 0 Å². The van der Waals surface area contributed by atoms with Crippen molar-refractivity contribution in [3.63, 3.8) is 0 Å². The van der Waals surface area contributed by atoms with Crippen molar-refractivity contribution in [3.05, 3.63) is 35.4 Å². The van der Waals surface area contributed by atoms with E-state index in [1.165, 1.54) is 11.0 Å². The zero-order chi connectivity index (χ0) is 17.9. The molecule has 1 heterocycles. The average Bonchev–Trinajstić information content (AvgIpc) is 2.47. The first-order valence-corrected chi connectivity index (χ1v) is 8.35. The highest BCUT2D eigenvalue weighted by molar-refractivity contribution is 5.86. The number of rotatable bonds is 6. The van der Waals surface area contributed by atoms with Gasteiger partial charge in [0, 0.05) is 26.2 Å². The molecule has 0 unspecified atom stereocenters. The summed E-state index contributed by atoms with van der Waals surface area (Å²) >= 11 is 0. The molecule has 1 aromatic carbocycles. The van der Waals surface area contributed by atoms with Crippen LogP contribution in [0.3, 0.4) is 0 Å². The standard InChI is InChI=1S/C18H26F2N2O2/c1-13(2)10-21(3)12-18(24)7-4-8-22(17(18)23)11-14-5-6-15(19)16(20)9-14/h5-6,9,13,24H,4,7-8,10-12H2,1-3H3/t18-/m1/s1. The van der Waals surface area contributed by atoms with E-state index in [1.807, 2.05) is 11.9 Å². The number of likely N-dealkylation sites (tertiary alicyclic amines) is 1. The Kier molecular flexibility index (Phi) is 5.93. The Morgan fingerprint density at radius 3 is 2.67 bits per heavy atom. The van der Waals surface area contributed by atoms with Crippen molar-refractivity contribution in [1.29, 1.82) is 0 Å². The lowest BCUT2D eigenvalue weighted by Crippen LogP contribution is -2.58. The summed E-state index contributed by atoms with van der Waals surface area (Å²) in [7, 11) is 1.89. The lowest BCUT2D eigenvalue weighted by Gasteiger charge is -2.40. The van der Waals surface area contributed by atoms with E-state index in [-0.39, 0.29) is 19.0 Å². The zero-order valence-electron chi connectivity index (χ0n) is 14.6.